The van der Waals surface area contributed by atoms with Crippen LogP contribution in [0.4, 0.5) is 0 Å². The van der Waals surface area contributed by atoms with Crippen molar-refractivity contribution in [2.75, 3.05) is 6.54 Å². The summed E-state index contributed by atoms with van der Waals surface area (Å²) < 4.78 is 0. The Balaban J connectivity index is 1.56. The quantitative estimate of drug-likeness (QED) is 0.738. The molecule has 0 N–H and O–H groups in total. The van der Waals surface area contributed by atoms with Crippen LogP contribution in [0.3, 0.4) is 0 Å². The normalized spacial score (nSPS) is 16.8. The average Bonchev–Trinajstić information content (AvgIpc) is 3.19. The van der Waals surface area contributed by atoms with Gasteiger partial charge in [-0.25, -0.2) is 9.97 Å². The summed E-state index contributed by atoms with van der Waals surface area (Å²) in [6.45, 7) is 0.727. The van der Waals surface area contributed by atoms with Crippen molar-refractivity contribution in [1.29, 1.82) is 0 Å². The van der Waals surface area contributed by atoms with E-state index in [2.05, 4.69) is 19.9 Å². The molecular formula is C19H17N5O. The Morgan fingerprint density at radius 3 is 2.60 bits per heavy atom. The number of rotatable bonds is 3. The standard InChI is InChI=1S/C19H17N5O/c25-19(24-10-4-7-17(24)16-6-1-2-9-21-16)15-12-22-18(23-13-15)14-5-3-8-20-11-14/h1-3,5-6,8-9,11-13,17H,4,7,10H2. The molecule has 6 heteroatoms. The zero-order chi connectivity index (χ0) is 17.1. The lowest BCUT2D eigenvalue weighted by molar-refractivity contribution is 0.0732. The van der Waals surface area contributed by atoms with E-state index < -0.39 is 0 Å². The van der Waals surface area contributed by atoms with Gasteiger partial charge in [-0.2, -0.15) is 0 Å². The zero-order valence-electron chi connectivity index (χ0n) is 13.6. The van der Waals surface area contributed by atoms with E-state index in [-0.39, 0.29) is 11.9 Å². The Labute approximate surface area is 145 Å². The first-order valence-corrected chi connectivity index (χ1v) is 8.27. The highest BCUT2D eigenvalue weighted by atomic mass is 16.2. The molecule has 0 aromatic carbocycles. The number of carbonyl (C=O) groups excluding carboxylic acids is 1. The minimum absolute atomic E-state index is 0.0201. The van der Waals surface area contributed by atoms with Crippen LogP contribution in [-0.2, 0) is 0 Å². The molecule has 0 radical (unpaired) electrons. The number of amides is 1. The highest BCUT2D eigenvalue weighted by Crippen LogP contribution is 2.31. The Morgan fingerprint density at radius 1 is 1.00 bits per heavy atom. The van der Waals surface area contributed by atoms with Crippen molar-refractivity contribution < 1.29 is 4.79 Å². The molecule has 4 heterocycles. The van der Waals surface area contributed by atoms with E-state index in [0.717, 1.165) is 30.6 Å². The van der Waals surface area contributed by atoms with Gasteiger partial charge in [-0.3, -0.25) is 14.8 Å². The van der Waals surface area contributed by atoms with E-state index in [1.165, 1.54) is 0 Å². The third-order valence-corrected chi connectivity index (χ3v) is 4.36. The number of hydrogen-bond acceptors (Lipinski definition) is 5. The molecule has 1 amide bonds. The van der Waals surface area contributed by atoms with Crippen molar-refractivity contribution in [1.82, 2.24) is 24.8 Å². The van der Waals surface area contributed by atoms with Gasteiger partial charge in [-0.1, -0.05) is 6.07 Å². The predicted octanol–water partition coefficient (Wildman–Crippen LogP) is 2.91. The summed E-state index contributed by atoms with van der Waals surface area (Å²) in [6, 6.07) is 9.55. The van der Waals surface area contributed by atoms with E-state index in [9.17, 15) is 4.79 Å². The van der Waals surface area contributed by atoms with Gasteiger partial charge in [0.25, 0.3) is 5.91 Å². The largest absolute Gasteiger partial charge is 0.330 e. The number of carbonyl (C=O) groups is 1. The molecule has 0 bridgehead atoms. The monoisotopic (exact) mass is 331 g/mol. The first-order valence-electron chi connectivity index (χ1n) is 8.27. The van der Waals surface area contributed by atoms with Crippen LogP contribution in [0.2, 0.25) is 0 Å². The lowest BCUT2D eigenvalue weighted by atomic mass is 10.1. The first-order chi connectivity index (χ1) is 12.3. The van der Waals surface area contributed by atoms with Crippen molar-refractivity contribution in [3.05, 3.63) is 72.6 Å². The number of aromatic nitrogens is 4. The molecule has 1 atom stereocenters. The molecule has 6 nitrogen and oxygen atoms in total. The molecule has 1 unspecified atom stereocenters. The van der Waals surface area contributed by atoms with Gasteiger partial charge in [0, 0.05) is 43.1 Å². The van der Waals surface area contributed by atoms with Crippen molar-refractivity contribution in [2.45, 2.75) is 18.9 Å². The summed E-state index contributed by atoms with van der Waals surface area (Å²) in [4.78, 5) is 31.9. The average molecular weight is 331 g/mol. The van der Waals surface area contributed by atoms with Gasteiger partial charge in [0.2, 0.25) is 0 Å². The Hall–Kier alpha value is -3.15. The van der Waals surface area contributed by atoms with Crippen LogP contribution >= 0.6 is 0 Å². The topological polar surface area (TPSA) is 71.9 Å². The second kappa shape index (κ2) is 6.76. The maximum Gasteiger partial charge on any atom is 0.257 e. The fourth-order valence-electron chi connectivity index (χ4n) is 3.14. The second-order valence-corrected chi connectivity index (χ2v) is 5.95. The molecule has 25 heavy (non-hydrogen) atoms. The maximum absolute atomic E-state index is 12.9. The molecule has 1 fully saturated rings. The number of hydrogen-bond donors (Lipinski definition) is 0. The van der Waals surface area contributed by atoms with Gasteiger partial charge in [-0.05, 0) is 37.1 Å². The van der Waals surface area contributed by atoms with E-state index in [4.69, 9.17) is 0 Å². The van der Waals surface area contributed by atoms with Crippen LogP contribution in [-0.4, -0.2) is 37.3 Å². The van der Waals surface area contributed by atoms with Gasteiger partial charge in [-0.15, -0.1) is 0 Å². The third-order valence-electron chi connectivity index (χ3n) is 4.36. The van der Waals surface area contributed by atoms with E-state index in [1.54, 1.807) is 31.0 Å². The SMILES string of the molecule is O=C(c1cnc(-c2cccnc2)nc1)N1CCCC1c1ccccn1. The number of pyridine rings is 2. The molecule has 0 aliphatic carbocycles. The minimum Gasteiger partial charge on any atom is -0.330 e. The molecule has 0 saturated carbocycles. The van der Waals surface area contributed by atoms with E-state index >= 15 is 0 Å². The van der Waals surface area contributed by atoms with Crippen LogP contribution in [0.25, 0.3) is 11.4 Å². The lowest BCUT2D eigenvalue weighted by Gasteiger charge is -2.24. The maximum atomic E-state index is 12.9. The van der Waals surface area contributed by atoms with Gasteiger partial charge < -0.3 is 4.90 Å². The molecule has 0 spiro atoms. The second-order valence-electron chi connectivity index (χ2n) is 5.95. The molecule has 1 aliphatic heterocycles. The van der Waals surface area contributed by atoms with E-state index in [0.29, 0.717) is 11.4 Å². The molecule has 1 saturated heterocycles. The van der Waals surface area contributed by atoms with Crippen molar-refractivity contribution in [3.63, 3.8) is 0 Å². The molecule has 124 valence electrons. The van der Waals surface area contributed by atoms with Gasteiger partial charge >= 0.3 is 0 Å². The van der Waals surface area contributed by atoms with Gasteiger partial charge in [0.1, 0.15) is 0 Å². The number of likely N-dealkylation sites (tertiary alicyclic amines) is 1. The minimum atomic E-state index is -0.0501. The third kappa shape index (κ3) is 3.10. The highest BCUT2D eigenvalue weighted by molar-refractivity contribution is 5.94. The summed E-state index contributed by atoms with van der Waals surface area (Å²) >= 11 is 0. The fraction of sp³-hybridized carbons (Fsp3) is 0.211. The Kier molecular flexibility index (Phi) is 4.16. The summed E-state index contributed by atoms with van der Waals surface area (Å²) in [7, 11) is 0. The fourth-order valence-corrected chi connectivity index (χ4v) is 3.14. The zero-order valence-corrected chi connectivity index (χ0v) is 13.6. The van der Waals surface area contributed by atoms with Crippen molar-refractivity contribution >= 4 is 5.91 Å². The molecule has 4 rings (SSSR count). The molecular weight excluding hydrogens is 314 g/mol. The Bertz CT molecular complexity index is 852. The Morgan fingerprint density at radius 2 is 1.88 bits per heavy atom. The molecule has 3 aromatic rings. The molecule has 3 aromatic heterocycles. The van der Waals surface area contributed by atoms with Gasteiger partial charge in [0.15, 0.2) is 5.82 Å². The van der Waals surface area contributed by atoms with Crippen LogP contribution in [0, 0.1) is 0 Å². The van der Waals surface area contributed by atoms with Gasteiger partial charge in [0.05, 0.1) is 17.3 Å². The van der Waals surface area contributed by atoms with Crippen molar-refractivity contribution in [2.24, 2.45) is 0 Å². The van der Waals surface area contributed by atoms with Crippen LogP contribution in [0.15, 0.2) is 61.3 Å². The summed E-state index contributed by atoms with van der Waals surface area (Å²) in [5.74, 6) is 0.512. The summed E-state index contributed by atoms with van der Waals surface area (Å²) in [5.41, 5.74) is 2.26. The molecule has 1 aliphatic rings. The first kappa shape index (κ1) is 15.4. The summed E-state index contributed by atoms with van der Waals surface area (Å²) in [5, 5.41) is 0. The highest BCUT2D eigenvalue weighted by Gasteiger charge is 2.31. The van der Waals surface area contributed by atoms with E-state index in [1.807, 2.05) is 35.2 Å². The smallest absolute Gasteiger partial charge is 0.257 e. The van der Waals surface area contributed by atoms with Crippen LogP contribution < -0.4 is 0 Å². The summed E-state index contributed by atoms with van der Waals surface area (Å²) in [6.07, 6.45) is 10.2. The van der Waals surface area contributed by atoms with Crippen LogP contribution in [0.5, 0.6) is 0 Å². The predicted molar refractivity (Wildman–Crippen MR) is 92.5 cm³/mol. The van der Waals surface area contributed by atoms with Crippen LogP contribution in [0.1, 0.15) is 34.9 Å². The lowest BCUT2D eigenvalue weighted by Crippen LogP contribution is -2.31. The number of nitrogens with zero attached hydrogens (tertiary/aromatic N) is 5. The van der Waals surface area contributed by atoms with Crippen molar-refractivity contribution in [3.8, 4) is 11.4 Å².